The average molecular weight is 340 g/mol. The number of aliphatic imine (C=N–C) groups is 1. The van der Waals surface area contributed by atoms with E-state index in [1.54, 1.807) is 5.57 Å². The fourth-order valence-electron chi connectivity index (χ4n) is 3.21. The van der Waals surface area contributed by atoms with Gasteiger partial charge in [0.25, 0.3) is 0 Å². The number of aryl methyl sites for hydroxylation is 1. The van der Waals surface area contributed by atoms with Gasteiger partial charge in [0.2, 0.25) is 0 Å². The quantitative estimate of drug-likeness (QED) is 0.352. The molecule has 0 aromatic carbocycles. The van der Waals surface area contributed by atoms with Crippen molar-refractivity contribution in [2.24, 2.45) is 4.99 Å². The summed E-state index contributed by atoms with van der Waals surface area (Å²) in [6.07, 6.45) is 12.6. The topological polar surface area (TPSA) is 66.6 Å². The van der Waals surface area contributed by atoms with E-state index in [0.717, 1.165) is 49.8 Å². The lowest BCUT2D eigenvalue weighted by Gasteiger charge is -2.15. The third-order valence-corrected chi connectivity index (χ3v) is 4.60. The summed E-state index contributed by atoms with van der Waals surface area (Å²) in [6.45, 7) is 1.81. The van der Waals surface area contributed by atoms with Crippen molar-refractivity contribution in [3.05, 3.63) is 41.9 Å². The van der Waals surface area contributed by atoms with Crippen molar-refractivity contribution in [2.75, 3.05) is 20.1 Å². The molecule has 0 saturated carbocycles. The van der Waals surface area contributed by atoms with Gasteiger partial charge >= 0.3 is 0 Å². The van der Waals surface area contributed by atoms with Gasteiger partial charge in [-0.05, 0) is 50.7 Å². The molecule has 6 heteroatoms. The van der Waals surface area contributed by atoms with Crippen LogP contribution in [-0.2, 0) is 6.42 Å². The molecule has 0 radical (unpaired) electrons. The van der Waals surface area contributed by atoms with Gasteiger partial charge in [0.15, 0.2) is 11.6 Å². The zero-order valence-corrected chi connectivity index (χ0v) is 15.0. The first-order chi connectivity index (χ1) is 12.4. The molecule has 134 valence electrons. The summed E-state index contributed by atoms with van der Waals surface area (Å²) in [5, 5.41) is 15.2. The zero-order valence-electron chi connectivity index (χ0n) is 15.0. The molecule has 2 aromatic rings. The van der Waals surface area contributed by atoms with Crippen molar-refractivity contribution in [1.29, 1.82) is 0 Å². The van der Waals surface area contributed by atoms with Crippen LogP contribution in [0.5, 0.6) is 0 Å². The first-order valence-corrected chi connectivity index (χ1v) is 9.28. The predicted molar refractivity (Wildman–Crippen MR) is 102 cm³/mol. The Kier molecular flexibility index (Phi) is 6.42. The molecule has 1 aliphatic carbocycles. The highest BCUT2D eigenvalue weighted by molar-refractivity contribution is 5.79. The molecule has 0 atom stereocenters. The van der Waals surface area contributed by atoms with Gasteiger partial charge in [-0.3, -0.25) is 9.39 Å². The van der Waals surface area contributed by atoms with E-state index in [-0.39, 0.29) is 0 Å². The molecule has 3 rings (SSSR count). The van der Waals surface area contributed by atoms with Gasteiger partial charge in [-0.1, -0.05) is 17.7 Å². The van der Waals surface area contributed by atoms with Gasteiger partial charge in [-0.15, -0.1) is 10.2 Å². The van der Waals surface area contributed by atoms with E-state index >= 15 is 0 Å². The maximum atomic E-state index is 4.30. The minimum Gasteiger partial charge on any atom is -0.356 e. The maximum absolute atomic E-state index is 4.30. The molecular formula is C19H28N6. The van der Waals surface area contributed by atoms with Crippen LogP contribution in [0, 0.1) is 0 Å². The van der Waals surface area contributed by atoms with Crippen LogP contribution in [0.4, 0.5) is 0 Å². The summed E-state index contributed by atoms with van der Waals surface area (Å²) in [5.41, 5.74) is 2.49. The predicted octanol–water partition coefficient (Wildman–Crippen LogP) is 2.72. The average Bonchev–Trinajstić information content (AvgIpc) is 3.08. The molecule has 0 amide bonds. The lowest BCUT2D eigenvalue weighted by Crippen LogP contribution is -2.38. The van der Waals surface area contributed by atoms with Crippen LogP contribution in [0.1, 0.15) is 44.3 Å². The Morgan fingerprint density at radius 2 is 2.08 bits per heavy atom. The highest BCUT2D eigenvalue weighted by atomic mass is 15.2. The second-order valence-electron chi connectivity index (χ2n) is 6.43. The third-order valence-electron chi connectivity index (χ3n) is 4.60. The number of allylic oxidation sites excluding steroid dienone is 1. The second kappa shape index (κ2) is 9.20. The molecule has 0 aliphatic heterocycles. The fraction of sp³-hybridized carbons (Fsp3) is 0.526. The van der Waals surface area contributed by atoms with E-state index in [1.165, 1.54) is 25.7 Å². The smallest absolute Gasteiger partial charge is 0.190 e. The van der Waals surface area contributed by atoms with Gasteiger partial charge in [0.05, 0.1) is 0 Å². The molecule has 0 bridgehead atoms. The monoisotopic (exact) mass is 340 g/mol. The van der Waals surface area contributed by atoms with E-state index in [9.17, 15) is 0 Å². The number of hydrogen-bond acceptors (Lipinski definition) is 3. The second-order valence-corrected chi connectivity index (χ2v) is 6.43. The Morgan fingerprint density at radius 1 is 1.16 bits per heavy atom. The molecular weight excluding hydrogens is 312 g/mol. The number of guanidine groups is 1. The molecule has 0 unspecified atom stereocenters. The SMILES string of the molecule is CN=C(NCCCc1nnc2ccccn12)NCCC1=CCCCC1. The van der Waals surface area contributed by atoms with Gasteiger partial charge in [0.1, 0.15) is 5.82 Å². The number of fused-ring (bicyclic) bond motifs is 1. The standard InChI is InChI=1S/C19H28N6/c1-20-19(22-14-12-16-8-3-2-4-9-16)21-13-7-11-18-24-23-17-10-5-6-15-25(17)18/h5-6,8,10,15H,2-4,7,9,11-14H2,1H3,(H2,20,21,22). The summed E-state index contributed by atoms with van der Waals surface area (Å²) in [5.74, 6) is 1.88. The van der Waals surface area contributed by atoms with Crippen molar-refractivity contribution in [2.45, 2.75) is 44.9 Å². The summed E-state index contributed by atoms with van der Waals surface area (Å²) < 4.78 is 2.05. The molecule has 2 heterocycles. The molecule has 0 fully saturated rings. The number of nitrogens with zero attached hydrogens (tertiary/aromatic N) is 4. The van der Waals surface area contributed by atoms with Crippen LogP contribution in [-0.4, -0.2) is 40.7 Å². The summed E-state index contributed by atoms with van der Waals surface area (Å²) in [7, 11) is 1.82. The van der Waals surface area contributed by atoms with Gasteiger partial charge in [-0.25, -0.2) is 0 Å². The summed E-state index contributed by atoms with van der Waals surface area (Å²) >= 11 is 0. The number of rotatable bonds is 7. The largest absolute Gasteiger partial charge is 0.356 e. The molecule has 1 aliphatic rings. The molecule has 2 N–H and O–H groups in total. The van der Waals surface area contributed by atoms with Crippen LogP contribution >= 0.6 is 0 Å². The van der Waals surface area contributed by atoms with Crippen LogP contribution in [0.25, 0.3) is 5.65 Å². The van der Waals surface area contributed by atoms with Crippen molar-refractivity contribution in [3.8, 4) is 0 Å². The van der Waals surface area contributed by atoms with Crippen molar-refractivity contribution in [1.82, 2.24) is 25.2 Å². The molecule has 0 spiro atoms. The fourth-order valence-corrected chi connectivity index (χ4v) is 3.21. The number of aromatic nitrogens is 3. The van der Waals surface area contributed by atoms with Crippen LogP contribution in [0.2, 0.25) is 0 Å². The van der Waals surface area contributed by atoms with Crippen LogP contribution < -0.4 is 10.6 Å². The lowest BCUT2D eigenvalue weighted by atomic mass is 9.97. The minimum atomic E-state index is 0.865. The van der Waals surface area contributed by atoms with E-state index in [4.69, 9.17) is 0 Å². The molecule has 0 saturated heterocycles. The Hall–Kier alpha value is -2.37. The first kappa shape index (κ1) is 17.5. The molecule has 2 aromatic heterocycles. The minimum absolute atomic E-state index is 0.865. The van der Waals surface area contributed by atoms with E-state index in [0.29, 0.717) is 0 Å². The van der Waals surface area contributed by atoms with Crippen molar-refractivity contribution >= 4 is 11.6 Å². The summed E-state index contributed by atoms with van der Waals surface area (Å²) in [4.78, 5) is 4.30. The van der Waals surface area contributed by atoms with Gasteiger partial charge in [-0.2, -0.15) is 0 Å². The maximum Gasteiger partial charge on any atom is 0.190 e. The highest BCUT2D eigenvalue weighted by Gasteiger charge is 2.05. The van der Waals surface area contributed by atoms with Gasteiger partial charge < -0.3 is 10.6 Å². The zero-order chi connectivity index (χ0) is 17.3. The molecule has 25 heavy (non-hydrogen) atoms. The van der Waals surface area contributed by atoms with E-state index in [2.05, 4.69) is 31.9 Å². The summed E-state index contributed by atoms with van der Waals surface area (Å²) in [6, 6.07) is 5.96. The Morgan fingerprint density at radius 3 is 2.92 bits per heavy atom. The Labute approximate surface area is 149 Å². The van der Waals surface area contributed by atoms with E-state index < -0.39 is 0 Å². The van der Waals surface area contributed by atoms with Crippen LogP contribution in [0.15, 0.2) is 41.0 Å². The number of hydrogen-bond donors (Lipinski definition) is 2. The normalized spacial score (nSPS) is 15.2. The number of nitrogens with one attached hydrogen (secondary N) is 2. The lowest BCUT2D eigenvalue weighted by molar-refractivity contribution is 0.662. The third kappa shape index (κ3) is 5.05. The van der Waals surface area contributed by atoms with Crippen molar-refractivity contribution < 1.29 is 0 Å². The Bertz CT molecular complexity index is 730. The highest BCUT2D eigenvalue weighted by Crippen LogP contribution is 2.19. The van der Waals surface area contributed by atoms with Gasteiger partial charge in [0, 0.05) is 32.8 Å². The first-order valence-electron chi connectivity index (χ1n) is 9.28. The van der Waals surface area contributed by atoms with E-state index in [1.807, 2.05) is 35.8 Å². The Balaban J connectivity index is 1.36. The van der Waals surface area contributed by atoms with Crippen LogP contribution in [0.3, 0.4) is 0 Å². The number of pyridine rings is 1. The van der Waals surface area contributed by atoms with Crippen molar-refractivity contribution in [3.63, 3.8) is 0 Å². The molecule has 6 nitrogen and oxygen atoms in total.